The second-order valence-corrected chi connectivity index (χ2v) is 4.54. The topological polar surface area (TPSA) is 19.4 Å². The van der Waals surface area contributed by atoms with Gasteiger partial charge >= 0.3 is 0 Å². The van der Waals surface area contributed by atoms with Crippen LogP contribution in [-0.4, -0.2) is 43.2 Å². The van der Waals surface area contributed by atoms with Crippen LogP contribution in [0.2, 0.25) is 0 Å². The molecule has 0 spiro atoms. The Hall–Kier alpha value is -1.16. The number of likely N-dealkylation sites (tertiary alicyclic amines) is 1. The van der Waals surface area contributed by atoms with Crippen molar-refractivity contribution in [1.29, 1.82) is 0 Å². The van der Waals surface area contributed by atoms with Gasteiger partial charge in [-0.3, -0.25) is 4.90 Å². The van der Waals surface area contributed by atoms with Crippen LogP contribution >= 0.6 is 0 Å². The van der Waals surface area contributed by atoms with Crippen LogP contribution in [0.15, 0.2) is 18.3 Å². The summed E-state index contributed by atoms with van der Waals surface area (Å²) in [5.41, 5.74) is 1.15. The molecule has 1 aliphatic heterocycles. The number of anilines is 1. The summed E-state index contributed by atoms with van der Waals surface area (Å²) < 4.78 is 13.0. The highest BCUT2D eigenvalue weighted by Gasteiger charge is 2.21. The van der Waals surface area contributed by atoms with Crippen molar-refractivity contribution in [1.82, 2.24) is 9.88 Å². The Morgan fingerprint density at radius 2 is 2.31 bits per heavy atom. The molecule has 2 rings (SSSR count). The number of rotatable bonds is 3. The molecule has 0 saturated carbocycles. The van der Waals surface area contributed by atoms with E-state index in [0.717, 1.165) is 24.5 Å². The lowest BCUT2D eigenvalue weighted by atomic mass is 10.2. The van der Waals surface area contributed by atoms with E-state index in [-0.39, 0.29) is 0 Å². The third-order valence-corrected chi connectivity index (χ3v) is 2.89. The maximum absolute atomic E-state index is 13.0. The molecule has 3 nitrogen and oxygen atoms in total. The van der Waals surface area contributed by atoms with E-state index in [9.17, 15) is 4.39 Å². The number of halogens is 1. The van der Waals surface area contributed by atoms with E-state index in [2.05, 4.69) is 16.0 Å². The minimum Gasteiger partial charge on any atom is -0.363 e. The van der Waals surface area contributed by atoms with Gasteiger partial charge in [0, 0.05) is 39.9 Å². The van der Waals surface area contributed by atoms with Crippen molar-refractivity contribution in [2.24, 2.45) is 0 Å². The summed E-state index contributed by atoms with van der Waals surface area (Å²) in [5, 5.41) is 0. The van der Waals surface area contributed by atoms with Gasteiger partial charge in [-0.2, -0.15) is 0 Å². The van der Waals surface area contributed by atoms with E-state index in [1.54, 1.807) is 0 Å². The van der Waals surface area contributed by atoms with Gasteiger partial charge in [0.1, 0.15) is 12.0 Å². The van der Waals surface area contributed by atoms with Gasteiger partial charge in [-0.05, 0) is 18.1 Å². The average molecular weight is 223 g/mol. The second kappa shape index (κ2) is 4.78. The number of aromatic nitrogens is 1. The molecule has 0 N–H and O–H groups in total. The molecule has 1 aromatic heterocycles. The number of hydrogen-bond acceptors (Lipinski definition) is 3. The minimum absolute atomic E-state index is 0.565. The molecule has 0 unspecified atom stereocenters. The van der Waals surface area contributed by atoms with Crippen LogP contribution in [0.3, 0.4) is 0 Å². The fourth-order valence-electron chi connectivity index (χ4n) is 1.96. The quantitative estimate of drug-likeness (QED) is 0.777. The van der Waals surface area contributed by atoms with Crippen LogP contribution in [0.4, 0.5) is 10.2 Å². The van der Waals surface area contributed by atoms with Gasteiger partial charge in [-0.15, -0.1) is 0 Å². The van der Waals surface area contributed by atoms with Gasteiger partial charge in [0.15, 0.2) is 0 Å². The summed E-state index contributed by atoms with van der Waals surface area (Å²) in [6, 6.07) is 4.06. The first-order valence-corrected chi connectivity index (χ1v) is 5.64. The van der Waals surface area contributed by atoms with Gasteiger partial charge in [0.05, 0.1) is 0 Å². The maximum atomic E-state index is 13.0. The first kappa shape index (κ1) is 11.3. The van der Waals surface area contributed by atoms with E-state index in [1.165, 1.54) is 0 Å². The second-order valence-electron chi connectivity index (χ2n) is 4.54. The summed E-state index contributed by atoms with van der Waals surface area (Å²) in [6.07, 6.45) is 1.90. The molecule has 1 aliphatic rings. The van der Waals surface area contributed by atoms with Crippen molar-refractivity contribution in [3.8, 4) is 0 Å². The van der Waals surface area contributed by atoms with Gasteiger partial charge in [0.2, 0.25) is 0 Å². The number of alkyl halides is 1. The zero-order valence-corrected chi connectivity index (χ0v) is 9.86. The molecule has 1 aromatic rings. The van der Waals surface area contributed by atoms with E-state index in [0.29, 0.717) is 13.0 Å². The first-order chi connectivity index (χ1) is 7.65. The predicted molar refractivity (Wildman–Crippen MR) is 63.4 cm³/mol. The van der Waals surface area contributed by atoms with Crippen LogP contribution in [-0.2, 0) is 6.54 Å². The molecule has 0 aliphatic carbocycles. The Labute approximate surface area is 95.9 Å². The first-order valence-electron chi connectivity index (χ1n) is 5.64. The third-order valence-electron chi connectivity index (χ3n) is 2.89. The zero-order chi connectivity index (χ0) is 11.5. The van der Waals surface area contributed by atoms with Gasteiger partial charge < -0.3 is 4.90 Å². The normalized spacial score (nSPS) is 21.3. The van der Waals surface area contributed by atoms with Crippen LogP contribution in [0.5, 0.6) is 0 Å². The molecule has 1 atom stereocenters. The Bertz CT molecular complexity index is 337. The van der Waals surface area contributed by atoms with Gasteiger partial charge in [0.25, 0.3) is 0 Å². The molecule has 0 aromatic carbocycles. The SMILES string of the molecule is CN(C)c1ccc(CN2CC[C@@H](F)C2)cn1. The summed E-state index contributed by atoms with van der Waals surface area (Å²) in [4.78, 5) is 8.45. The van der Waals surface area contributed by atoms with Crippen LogP contribution in [0, 0.1) is 0 Å². The summed E-state index contributed by atoms with van der Waals surface area (Å²) in [5.74, 6) is 0.952. The highest BCUT2D eigenvalue weighted by atomic mass is 19.1. The molecule has 16 heavy (non-hydrogen) atoms. The van der Waals surface area contributed by atoms with E-state index in [1.807, 2.05) is 31.3 Å². The zero-order valence-electron chi connectivity index (χ0n) is 9.86. The van der Waals surface area contributed by atoms with Crippen molar-refractivity contribution in [2.75, 3.05) is 32.1 Å². The molecular weight excluding hydrogens is 205 g/mol. The van der Waals surface area contributed by atoms with E-state index in [4.69, 9.17) is 0 Å². The lowest BCUT2D eigenvalue weighted by molar-refractivity contribution is 0.282. The molecule has 2 heterocycles. The smallest absolute Gasteiger partial charge is 0.127 e. The van der Waals surface area contributed by atoms with Crippen molar-refractivity contribution in [3.05, 3.63) is 23.9 Å². The lowest BCUT2D eigenvalue weighted by Crippen LogP contribution is -2.20. The van der Waals surface area contributed by atoms with Gasteiger partial charge in [-0.25, -0.2) is 9.37 Å². The Morgan fingerprint density at radius 3 is 2.81 bits per heavy atom. The fraction of sp³-hybridized carbons (Fsp3) is 0.583. The van der Waals surface area contributed by atoms with Crippen molar-refractivity contribution in [2.45, 2.75) is 19.1 Å². The van der Waals surface area contributed by atoms with Crippen LogP contribution in [0.25, 0.3) is 0 Å². The van der Waals surface area contributed by atoms with Crippen molar-refractivity contribution in [3.63, 3.8) is 0 Å². The average Bonchev–Trinajstić information content (AvgIpc) is 2.65. The van der Waals surface area contributed by atoms with Crippen molar-refractivity contribution < 1.29 is 4.39 Å². The molecule has 0 radical (unpaired) electrons. The molecule has 0 bridgehead atoms. The summed E-state index contributed by atoms with van der Waals surface area (Å²) in [7, 11) is 3.94. The summed E-state index contributed by atoms with van der Waals surface area (Å²) in [6.45, 7) is 2.23. The Kier molecular flexibility index (Phi) is 3.39. The fourth-order valence-corrected chi connectivity index (χ4v) is 1.96. The largest absolute Gasteiger partial charge is 0.363 e. The minimum atomic E-state index is -0.644. The molecule has 88 valence electrons. The number of pyridine rings is 1. The number of hydrogen-bond donors (Lipinski definition) is 0. The van der Waals surface area contributed by atoms with Crippen molar-refractivity contribution >= 4 is 5.82 Å². The molecular formula is C12H18FN3. The Morgan fingerprint density at radius 1 is 1.50 bits per heavy atom. The molecule has 4 heteroatoms. The predicted octanol–water partition coefficient (Wildman–Crippen LogP) is 1.69. The lowest BCUT2D eigenvalue weighted by Gasteiger charge is -2.15. The monoisotopic (exact) mass is 223 g/mol. The van der Waals surface area contributed by atoms with E-state index >= 15 is 0 Å². The standard InChI is InChI=1S/C12H18FN3/c1-15(2)12-4-3-10(7-14-12)8-16-6-5-11(13)9-16/h3-4,7,11H,5-6,8-9H2,1-2H3/t11-/m1/s1. The maximum Gasteiger partial charge on any atom is 0.127 e. The van der Waals surface area contributed by atoms with E-state index < -0.39 is 6.17 Å². The molecule has 0 amide bonds. The Balaban J connectivity index is 1.95. The molecule has 1 saturated heterocycles. The third kappa shape index (κ3) is 2.70. The van der Waals surface area contributed by atoms with Crippen LogP contribution < -0.4 is 4.90 Å². The number of nitrogens with zero attached hydrogens (tertiary/aromatic N) is 3. The highest BCUT2D eigenvalue weighted by Crippen LogP contribution is 2.16. The highest BCUT2D eigenvalue weighted by molar-refractivity contribution is 5.37. The summed E-state index contributed by atoms with van der Waals surface area (Å²) >= 11 is 0. The van der Waals surface area contributed by atoms with Crippen LogP contribution in [0.1, 0.15) is 12.0 Å². The molecule has 1 fully saturated rings. The van der Waals surface area contributed by atoms with Gasteiger partial charge in [-0.1, -0.05) is 6.07 Å².